The number of benzene rings is 1. The minimum atomic E-state index is 0.332. The van der Waals surface area contributed by atoms with Gasteiger partial charge in [-0.2, -0.15) is 0 Å². The summed E-state index contributed by atoms with van der Waals surface area (Å²) in [5.41, 5.74) is 7.41. The van der Waals surface area contributed by atoms with Crippen LogP contribution in [0.3, 0.4) is 0 Å². The molecule has 1 saturated heterocycles. The molecule has 0 radical (unpaired) electrons. The topological polar surface area (TPSA) is 49.5 Å². The number of phenols is 1. The molecule has 3 heteroatoms. The van der Waals surface area contributed by atoms with Crippen molar-refractivity contribution in [2.75, 3.05) is 13.1 Å². The summed E-state index contributed by atoms with van der Waals surface area (Å²) in [4.78, 5) is 2.50. The van der Waals surface area contributed by atoms with Gasteiger partial charge in [0.15, 0.2) is 0 Å². The number of likely N-dealkylation sites (tertiary alicyclic amines) is 1. The molecule has 18 heavy (non-hydrogen) atoms. The molecule has 1 aliphatic heterocycles. The van der Waals surface area contributed by atoms with Crippen molar-refractivity contribution in [3.05, 3.63) is 29.8 Å². The van der Waals surface area contributed by atoms with Crippen LogP contribution in [0.1, 0.15) is 38.3 Å². The van der Waals surface area contributed by atoms with Crippen molar-refractivity contribution >= 4 is 0 Å². The number of aromatic hydroxyl groups is 1. The molecule has 0 spiro atoms. The van der Waals surface area contributed by atoms with Crippen LogP contribution in [0.4, 0.5) is 0 Å². The molecule has 3 atom stereocenters. The lowest BCUT2D eigenvalue weighted by molar-refractivity contribution is 0.114. The average Bonchev–Trinajstić information content (AvgIpc) is 2.39. The lowest BCUT2D eigenvalue weighted by Gasteiger charge is -2.40. The van der Waals surface area contributed by atoms with Crippen LogP contribution in [0.25, 0.3) is 0 Å². The largest absolute Gasteiger partial charge is 0.508 e. The quantitative estimate of drug-likeness (QED) is 0.864. The van der Waals surface area contributed by atoms with Crippen LogP contribution in [0.5, 0.6) is 5.75 Å². The van der Waals surface area contributed by atoms with Crippen molar-refractivity contribution in [3.63, 3.8) is 0 Å². The second kappa shape index (κ2) is 5.72. The van der Waals surface area contributed by atoms with Gasteiger partial charge >= 0.3 is 0 Å². The van der Waals surface area contributed by atoms with Gasteiger partial charge < -0.3 is 10.8 Å². The third-order valence-corrected chi connectivity index (χ3v) is 4.27. The lowest BCUT2D eigenvalue weighted by atomic mass is 9.89. The molecule has 3 unspecified atom stereocenters. The van der Waals surface area contributed by atoms with Gasteiger partial charge in [0, 0.05) is 25.2 Å². The second-order valence-corrected chi connectivity index (χ2v) is 5.38. The summed E-state index contributed by atoms with van der Waals surface area (Å²) in [5.74, 6) is 0.941. The maximum Gasteiger partial charge on any atom is 0.115 e. The highest BCUT2D eigenvalue weighted by atomic mass is 16.3. The predicted molar refractivity (Wildman–Crippen MR) is 74.5 cm³/mol. The van der Waals surface area contributed by atoms with Crippen LogP contribution in [0.2, 0.25) is 0 Å². The number of hydrogen-bond acceptors (Lipinski definition) is 3. The van der Waals surface area contributed by atoms with Crippen LogP contribution in [0, 0.1) is 5.92 Å². The predicted octanol–water partition coefficient (Wildman–Crippen LogP) is 2.51. The lowest BCUT2D eigenvalue weighted by Crippen LogP contribution is -2.47. The fourth-order valence-corrected chi connectivity index (χ4v) is 2.83. The first kappa shape index (κ1) is 13.4. The van der Waals surface area contributed by atoms with Crippen molar-refractivity contribution in [1.29, 1.82) is 0 Å². The summed E-state index contributed by atoms with van der Waals surface area (Å²) < 4.78 is 0. The molecule has 0 amide bonds. The van der Waals surface area contributed by atoms with Gasteiger partial charge in [-0.15, -0.1) is 0 Å². The van der Waals surface area contributed by atoms with Crippen LogP contribution >= 0.6 is 0 Å². The van der Waals surface area contributed by atoms with Crippen LogP contribution < -0.4 is 5.73 Å². The minimum Gasteiger partial charge on any atom is -0.508 e. The molecule has 100 valence electrons. The third-order valence-electron chi connectivity index (χ3n) is 4.27. The minimum absolute atomic E-state index is 0.332. The van der Waals surface area contributed by atoms with Crippen molar-refractivity contribution in [2.45, 2.75) is 38.8 Å². The standard InChI is InChI=1S/C15H24N2O/c1-3-12-10-17(9-8-15(12)16)11(2)13-4-6-14(18)7-5-13/h4-7,11-12,15,18H,3,8-10,16H2,1-2H3. The number of rotatable bonds is 3. The van der Waals surface area contributed by atoms with E-state index in [0.717, 1.165) is 25.9 Å². The zero-order valence-corrected chi connectivity index (χ0v) is 11.3. The Morgan fingerprint density at radius 1 is 1.39 bits per heavy atom. The summed E-state index contributed by atoms with van der Waals surface area (Å²) in [5, 5.41) is 9.33. The summed E-state index contributed by atoms with van der Waals surface area (Å²) >= 11 is 0. The summed E-state index contributed by atoms with van der Waals surface area (Å²) in [7, 11) is 0. The van der Waals surface area contributed by atoms with Gasteiger partial charge in [0.1, 0.15) is 5.75 Å². The molecular weight excluding hydrogens is 224 g/mol. The molecular formula is C15H24N2O. The molecule has 0 bridgehead atoms. The molecule has 1 aromatic rings. The molecule has 1 heterocycles. The molecule has 1 fully saturated rings. The van der Waals surface area contributed by atoms with Crippen molar-refractivity contribution in [1.82, 2.24) is 4.90 Å². The molecule has 0 aromatic heterocycles. The number of nitrogens with zero attached hydrogens (tertiary/aromatic N) is 1. The highest BCUT2D eigenvalue weighted by Crippen LogP contribution is 2.28. The molecule has 0 saturated carbocycles. The van der Waals surface area contributed by atoms with E-state index < -0.39 is 0 Å². The van der Waals surface area contributed by atoms with E-state index in [-0.39, 0.29) is 0 Å². The summed E-state index contributed by atoms with van der Waals surface area (Å²) in [6.45, 7) is 6.61. The Balaban J connectivity index is 2.05. The van der Waals surface area contributed by atoms with Crippen LogP contribution in [-0.2, 0) is 0 Å². The van der Waals surface area contributed by atoms with E-state index in [4.69, 9.17) is 5.73 Å². The monoisotopic (exact) mass is 248 g/mol. The van der Waals surface area contributed by atoms with E-state index in [1.54, 1.807) is 12.1 Å². The van der Waals surface area contributed by atoms with Gasteiger partial charge in [-0.25, -0.2) is 0 Å². The van der Waals surface area contributed by atoms with Crippen molar-refractivity contribution in [3.8, 4) is 5.75 Å². The normalized spacial score (nSPS) is 27.1. The Morgan fingerprint density at radius 2 is 2.06 bits per heavy atom. The zero-order chi connectivity index (χ0) is 13.1. The average molecular weight is 248 g/mol. The van der Waals surface area contributed by atoms with Gasteiger partial charge in [0.05, 0.1) is 0 Å². The fraction of sp³-hybridized carbons (Fsp3) is 0.600. The van der Waals surface area contributed by atoms with E-state index in [0.29, 0.717) is 23.8 Å². The SMILES string of the molecule is CCC1CN(C(C)c2ccc(O)cc2)CCC1N. The van der Waals surface area contributed by atoms with Crippen molar-refractivity contribution < 1.29 is 5.11 Å². The fourth-order valence-electron chi connectivity index (χ4n) is 2.83. The van der Waals surface area contributed by atoms with E-state index >= 15 is 0 Å². The zero-order valence-electron chi connectivity index (χ0n) is 11.3. The number of hydrogen-bond donors (Lipinski definition) is 2. The molecule has 1 aliphatic rings. The number of nitrogens with two attached hydrogens (primary N) is 1. The Labute approximate surface area is 110 Å². The highest BCUT2D eigenvalue weighted by molar-refractivity contribution is 5.27. The van der Waals surface area contributed by atoms with Gasteiger partial charge in [0.25, 0.3) is 0 Å². The Morgan fingerprint density at radius 3 is 2.67 bits per heavy atom. The van der Waals surface area contributed by atoms with Gasteiger partial charge in [-0.1, -0.05) is 25.5 Å². The summed E-state index contributed by atoms with van der Waals surface area (Å²) in [6.07, 6.45) is 2.24. The first-order chi connectivity index (χ1) is 8.61. The van der Waals surface area contributed by atoms with E-state index in [1.807, 2.05) is 12.1 Å². The first-order valence-corrected chi connectivity index (χ1v) is 6.90. The number of piperidine rings is 1. The Hall–Kier alpha value is -1.06. The molecule has 2 rings (SSSR count). The first-order valence-electron chi connectivity index (χ1n) is 6.90. The van der Waals surface area contributed by atoms with Gasteiger partial charge in [-0.3, -0.25) is 4.90 Å². The van der Waals surface area contributed by atoms with Gasteiger partial charge in [-0.05, 0) is 37.0 Å². The maximum absolute atomic E-state index is 9.33. The molecule has 3 nitrogen and oxygen atoms in total. The van der Waals surface area contributed by atoms with E-state index in [1.165, 1.54) is 5.56 Å². The Bertz CT molecular complexity index is 377. The van der Waals surface area contributed by atoms with Crippen molar-refractivity contribution in [2.24, 2.45) is 11.7 Å². The molecule has 0 aliphatic carbocycles. The third kappa shape index (κ3) is 2.85. The maximum atomic E-state index is 9.33. The van der Waals surface area contributed by atoms with Gasteiger partial charge in [0.2, 0.25) is 0 Å². The number of phenolic OH excluding ortho intramolecular Hbond substituents is 1. The Kier molecular flexibility index (Phi) is 4.25. The molecule has 3 N–H and O–H groups in total. The van der Waals surface area contributed by atoms with Crippen LogP contribution in [0.15, 0.2) is 24.3 Å². The summed E-state index contributed by atoms with van der Waals surface area (Å²) in [6, 6.07) is 8.30. The smallest absolute Gasteiger partial charge is 0.115 e. The van der Waals surface area contributed by atoms with E-state index in [9.17, 15) is 5.11 Å². The molecule has 1 aromatic carbocycles. The van der Waals surface area contributed by atoms with E-state index in [2.05, 4.69) is 18.7 Å². The highest BCUT2D eigenvalue weighted by Gasteiger charge is 2.28. The second-order valence-electron chi connectivity index (χ2n) is 5.38. The van der Waals surface area contributed by atoms with Crippen LogP contribution in [-0.4, -0.2) is 29.1 Å².